The van der Waals surface area contributed by atoms with Crippen LogP contribution in [0.3, 0.4) is 0 Å². The minimum Gasteiger partial charge on any atom is -0.379 e. The fraction of sp³-hybridized carbons (Fsp3) is 0.429. The summed E-state index contributed by atoms with van der Waals surface area (Å²) in [6.45, 7) is 5.89. The normalized spacial score (nSPS) is 19.0. The van der Waals surface area contributed by atoms with Crippen molar-refractivity contribution in [2.24, 2.45) is 23.3 Å². The Morgan fingerprint density at radius 1 is 0.958 bits per heavy atom. The van der Waals surface area contributed by atoms with Gasteiger partial charge in [-0.2, -0.15) is 5.21 Å². The Bertz CT molecular complexity index is 1600. The smallest absolute Gasteiger partial charge is 0.240 e. The predicted octanol–water partition coefficient (Wildman–Crippen LogP) is 2.87. The molecule has 0 bridgehead atoms. The van der Waals surface area contributed by atoms with Gasteiger partial charge in [0, 0.05) is 61.5 Å². The van der Waals surface area contributed by atoms with E-state index in [9.17, 15) is 9.59 Å². The number of H-pyrrole nitrogens is 1. The Labute approximate surface area is 280 Å². The summed E-state index contributed by atoms with van der Waals surface area (Å²) >= 11 is 0. The number of nitrogens with zero attached hydrogens (tertiary/aromatic N) is 6. The van der Waals surface area contributed by atoms with Gasteiger partial charge in [-0.25, -0.2) is 4.98 Å². The zero-order valence-corrected chi connectivity index (χ0v) is 27.1. The highest BCUT2D eigenvalue weighted by atomic mass is 16.5. The molecule has 1 aliphatic heterocycles. The molecule has 2 amide bonds. The molecular weight excluding hydrogens is 608 g/mol. The first-order chi connectivity index (χ1) is 23.5. The quantitative estimate of drug-likeness (QED) is 0.168. The van der Waals surface area contributed by atoms with E-state index < -0.39 is 11.9 Å². The second kappa shape index (κ2) is 15.9. The van der Waals surface area contributed by atoms with Gasteiger partial charge in [-0.3, -0.25) is 19.4 Å². The number of ether oxygens (including phenoxy) is 1. The number of carbonyl (C=O) groups is 2. The average molecular weight is 653 g/mol. The van der Waals surface area contributed by atoms with Crippen LogP contribution in [0.5, 0.6) is 0 Å². The van der Waals surface area contributed by atoms with Crippen LogP contribution in [0.15, 0.2) is 66.9 Å². The minimum absolute atomic E-state index is 0.0945. The van der Waals surface area contributed by atoms with Crippen molar-refractivity contribution in [3.05, 3.63) is 72.4 Å². The van der Waals surface area contributed by atoms with E-state index in [1.54, 1.807) is 4.90 Å². The molecule has 252 valence electrons. The molecule has 3 heterocycles. The lowest BCUT2D eigenvalue weighted by Gasteiger charge is -2.35. The van der Waals surface area contributed by atoms with Gasteiger partial charge >= 0.3 is 0 Å². The third kappa shape index (κ3) is 8.22. The number of amides is 2. The predicted molar refractivity (Wildman–Crippen MR) is 184 cm³/mol. The first kappa shape index (κ1) is 33.2. The third-order valence-corrected chi connectivity index (χ3v) is 9.47. The number of primary amides is 1. The summed E-state index contributed by atoms with van der Waals surface area (Å²) in [6.07, 6.45) is 5.37. The topological polar surface area (TPSA) is 181 Å². The Balaban J connectivity index is 1.16. The second-order valence-corrected chi connectivity index (χ2v) is 12.6. The van der Waals surface area contributed by atoms with Gasteiger partial charge in [-0.05, 0) is 90.9 Å². The van der Waals surface area contributed by atoms with Crippen molar-refractivity contribution in [3.8, 4) is 22.5 Å². The second-order valence-electron chi connectivity index (χ2n) is 12.6. The fourth-order valence-electron chi connectivity index (χ4n) is 6.57. The summed E-state index contributed by atoms with van der Waals surface area (Å²) in [5.74, 6) is 0.827. The van der Waals surface area contributed by atoms with Crippen molar-refractivity contribution in [3.63, 3.8) is 0 Å². The number of tetrazole rings is 1. The number of hydrogen-bond acceptors (Lipinski definition) is 10. The van der Waals surface area contributed by atoms with E-state index in [1.807, 2.05) is 66.9 Å². The molecule has 0 radical (unpaired) electrons. The van der Waals surface area contributed by atoms with E-state index in [1.165, 1.54) is 0 Å². The van der Waals surface area contributed by atoms with Crippen LogP contribution < -0.4 is 21.7 Å². The zero-order chi connectivity index (χ0) is 33.3. The highest BCUT2D eigenvalue weighted by molar-refractivity contribution is 6.01. The van der Waals surface area contributed by atoms with Crippen LogP contribution in [-0.4, -0.2) is 94.3 Å². The molecular formula is C35H44N10O3. The molecule has 6 N–H and O–H groups in total. The maximum absolute atomic E-state index is 14.2. The highest BCUT2D eigenvalue weighted by Gasteiger charge is 2.36. The van der Waals surface area contributed by atoms with Crippen molar-refractivity contribution >= 4 is 23.3 Å². The molecule has 4 aromatic rings. The number of pyridine rings is 1. The Morgan fingerprint density at radius 3 is 2.29 bits per heavy atom. The zero-order valence-electron chi connectivity index (χ0n) is 27.1. The summed E-state index contributed by atoms with van der Waals surface area (Å²) < 4.78 is 5.42. The number of nitrogens with one attached hydrogen (secondary N) is 2. The SMILES string of the molecule is NCC1CCC(C(=O)N(c2ccc(-c3nn[nH]n3)cc2)[C@@H](Cc2ccc(-c3ccc(NCCN4CCOCC4)nc3)cc2)C(N)=O)CC1. The van der Waals surface area contributed by atoms with Gasteiger partial charge in [0.25, 0.3) is 0 Å². The largest absolute Gasteiger partial charge is 0.379 e. The highest BCUT2D eigenvalue weighted by Crippen LogP contribution is 2.33. The molecule has 2 fully saturated rings. The summed E-state index contributed by atoms with van der Waals surface area (Å²) in [5.41, 5.74) is 16.2. The number of nitrogens with two attached hydrogens (primary N) is 2. The third-order valence-electron chi connectivity index (χ3n) is 9.47. The molecule has 1 saturated heterocycles. The molecule has 13 nitrogen and oxygen atoms in total. The summed E-state index contributed by atoms with van der Waals surface area (Å²) in [5, 5.41) is 17.6. The molecule has 1 saturated carbocycles. The number of carbonyl (C=O) groups excluding carboxylic acids is 2. The van der Waals surface area contributed by atoms with Gasteiger partial charge in [0.1, 0.15) is 11.9 Å². The lowest BCUT2D eigenvalue weighted by Crippen LogP contribution is -2.52. The van der Waals surface area contributed by atoms with Crippen LogP contribution in [0.4, 0.5) is 11.5 Å². The monoisotopic (exact) mass is 652 g/mol. The van der Waals surface area contributed by atoms with E-state index in [0.29, 0.717) is 24.0 Å². The lowest BCUT2D eigenvalue weighted by molar-refractivity contribution is -0.127. The van der Waals surface area contributed by atoms with Crippen LogP contribution >= 0.6 is 0 Å². The average Bonchev–Trinajstić information content (AvgIpc) is 3.68. The Morgan fingerprint density at radius 2 is 1.67 bits per heavy atom. The molecule has 13 heteroatoms. The van der Waals surface area contributed by atoms with Crippen LogP contribution in [0, 0.1) is 11.8 Å². The van der Waals surface area contributed by atoms with Crippen LogP contribution in [0.25, 0.3) is 22.5 Å². The summed E-state index contributed by atoms with van der Waals surface area (Å²) in [7, 11) is 0. The fourth-order valence-corrected chi connectivity index (χ4v) is 6.57. The van der Waals surface area contributed by atoms with Crippen molar-refractivity contribution < 1.29 is 14.3 Å². The maximum atomic E-state index is 14.2. The van der Waals surface area contributed by atoms with Crippen LogP contribution in [-0.2, 0) is 20.7 Å². The van der Waals surface area contributed by atoms with Crippen molar-refractivity contribution in [1.82, 2.24) is 30.5 Å². The van der Waals surface area contributed by atoms with Crippen LogP contribution in [0.2, 0.25) is 0 Å². The van der Waals surface area contributed by atoms with Gasteiger partial charge in [0.2, 0.25) is 17.6 Å². The van der Waals surface area contributed by atoms with Crippen molar-refractivity contribution in [2.45, 2.75) is 38.1 Å². The van der Waals surface area contributed by atoms with Crippen LogP contribution in [0.1, 0.15) is 31.2 Å². The number of aromatic amines is 1. The van der Waals surface area contributed by atoms with Gasteiger partial charge in [-0.15, -0.1) is 10.2 Å². The molecule has 2 aromatic heterocycles. The van der Waals surface area contributed by atoms with Gasteiger partial charge in [0.05, 0.1) is 13.2 Å². The molecule has 0 spiro atoms. The van der Waals surface area contributed by atoms with Crippen molar-refractivity contribution in [1.29, 1.82) is 0 Å². The van der Waals surface area contributed by atoms with E-state index >= 15 is 0 Å². The summed E-state index contributed by atoms with van der Waals surface area (Å²) in [4.78, 5) is 35.9. The molecule has 1 aliphatic carbocycles. The maximum Gasteiger partial charge on any atom is 0.240 e. The standard InChI is InChI=1S/C35H44N10O3/c36-22-25-3-7-28(8-4-25)35(47)45(30-12-9-27(10-13-30)34-40-42-43-41-34)31(33(37)46)21-24-1-5-26(6-2-24)29-11-14-32(39-23-29)38-15-16-44-17-19-48-20-18-44/h1-2,5-6,9-14,23,25,28,31H,3-4,7-8,15-22,36H2,(H2,37,46)(H,38,39)(H,40,41,42,43)/t25?,28?,31-/m0/s1. The van der Waals surface area contributed by atoms with E-state index in [-0.39, 0.29) is 18.2 Å². The number of aromatic nitrogens is 5. The number of benzene rings is 2. The van der Waals surface area contributed by atoms with Crippen molar-refractivity contribution in [2.75, 3.05) is 56.2 Å². The molecule has 48 heavy (non-hydrogen) atoms. The number of rotatable bonds is 13. The Hall–Kier alpha value is -4.72. The summed E-state index contributed by atoms with van der Waals surface area (Å²) in [6, 6.07) is 18.4. The van der Waals surface area contributed by atoms with E-state index in [4.69, 9.17) is 16.2 Å². The lowest BCUT2D eigenvalue weighted by atomic mass is 9.81. The minimum atomic E-state index is -0.879. The molecule has 2 aliphatic rings. The van der Waals surface area contributed by atoms with Gasteiger partial charge in [-0.1, -0.05) is 24.3 Å². The van der Waals surface area contributed by atoms with Gasteiger partial charge in [0.15, 0.2) is 0 Å². The van der Waals surface area contributed by atoms with Gasteiger partial charge < -0.3 is 21.5 Å². The number of anilines is 2. The van der Waals surface area contributed by atoms with E-state index in [2.05, 4.69) is 35.8 Å². The number of morpholine rings is 1. The molecule has 0 unspecified atom stereocenters. The molecule has 1 atom stereocenters. The van der Waals surface area contributed by atoms with E-state index in [0.717, 1.165) is 93.1 Å². The number of hydrogen-bond donors (Lipinski definition) is 4. The molecule has 6 rings (SSSR count). The Kier molecular flexibility index (Phi) is 11.0. The first-order valence-corrected chi connectivity index (χ1v) is 16.7. The molecule has 2 aromatic carbocycles. The first-order valence-electron chi connectivity index (χ1n) is 16.7.